The number of fused-ring (bicyclic) bond motifs is 1. The maximum Gasteiger partial charge on any atom is 0.313 e. The van der Waals surface area contributed by atoms with Gasteiger partial charge in [0.25, 0.3) is 0 Å². The van der Waals surface area contributed by atoms with Crippen molar-refractivity contribution in [1.82, 2.24) is 19.9 Å². The number of hydrogen-bond acceptors (Lipinski definition) is 6. The zero-order valence-electron chi connectivity index (χ0n) is 15.2. The van der Waals surface area contributed by atoms with Crippen LogP contribution in [0.1, 0.15) is 44.3 Å². The molecule has 1 aromatic heterocycles. The SMILES string of the molecule is CCc1noc(CN2C[C@H]3CN(C(=O)C4CCCC4)C[C@@]3(C(=O)O)C2)n1. The molecule has 0 bridgehead atoms. The molecule has 3 fully saturated rings. The number of aromatic nitrogens is 2. The number of aryl methyl sites for hydroxylation is 1. The van der Waals surface area contributed by atoms with Gasteiger partial charge in [-0.05, 0) is 12.8 Å². The van der Waals surface area contributed by atoms with Crippen molar-refractivity contribution in [2.45, 2.75) is 45.6 Å². The molecule has 1 saturated carbocycles. The highest BCUT2D eigenvalue weighted by molar-refractivity contribution is 5.83. The van der Waals surface area contributed by atoms with Gasteiger partial charge in [-0.25, -0.2) is 0 Å². The summed E-state index contributed by atoms with van der Waals surface area (Å²) >= 11 is 0. The minimum absolute atomic E-state index is 0.0427. The van der Waals surface area contributed by atoms with Crippen molar-refractivity contribution in [3.8, 4) is 0 Å². The van der Waals surface area contributed by atoms with E-state index in [1.807, 2.05) is 11.8 Å². The Kier molecular flexibility index (Phi) is 4.46. The van der Waals surface area contributed by atoms with Crippen LogP contribution in [0.3, 0.4) is 0 Å². The fourth-order valence-corrected chi connectivity index (χ4v) is 4.88. The molecule has 3 heterocycles. The Morgan fingerprint density at radius 3 is 2.65 bits per heavy atom. The van der Waals surface area contributed by atoms with Crippen molar-refractivity contribution in [3.05, 3.63) is 11.7 Å². The zero-order chi connectivity index (χ0) is 18.3. The van der Waals surface area contributed by atoms with Gasteiger partial charge in [-0.15, -0.1) is 0 Å². The lowest BCUT2D eigenvalue weighted by Crippen LogP contribution is -2.43. The maximum atomic E-state index is 12.7. The number of carboxylic acid groups (broad SMARTS) is 1. The second kappa shape index (κ2) is 6.64. The van der Waals surface area contributed by atoms with Gasteiger partial charge in [0.05, 0.1) is 6.54 Å². The second-order valence-corrected chi connectivity index (χ2v) is 7.99. The smallest absolute Gasteiger partial charge is 0.313 e. The van der Waals surface area contributed by atoms with Crippen molar-refractivity contribution >= 4 is 11.9 Å². The summed E-state index contributed by atoms with van der Waals surface area (Å²) in [5.41, 5.74) is -0.873. The van der Waals surface area contributed by atoms with Crippen molar-refractivity contribution in [1.29, 1.82) is 0 Å². The Balaban J connectivity index is 1.44. The Morgan fingerprint density at radius 1 is 1.27 bits per heavy atom. The van der Waals surface area contributed by atoms with Crippen molar-refractivity contribution in [2.75, 3.05) is 26.2 Å². The summed E-state index contributed by atoms with van der Waals surface area (Å²) in [6.07, 6.45) is 4.82. The van der Waals surface area contributed by atoms with Gasteiger partial charge >= 0.3 is 5.97 Å². The normalized spacial score (nSPS) is 29.4. The molecule has 8 nitrogen and oxygen atoms in total. The van der Waals surface area contributed by atoms with Crippen LogP contribution in [0.15, 0.2) is 4.52 Å². The standard InChI is InChI=1S/C18H26N4O4/c1-2-14-19-15(26-20-14)9-21-7-13-8-22(11-18(13,10-21)17(24)25)16(23)12-5-3-4-6-12/h12-13H,2-11H2,1H3,(H,24,25)/t13-,18-/m0/s1. The first-order valence-electron chi connectivity index (χ1n) is 9.58. The highest BCUT2D eigenvalue weighted by Gasteiger charge is 2.58. The van der Waals surface area contributed by atoms with Crippen LogP contribution >= 0.6 is 0 Å². The number of amides is 1. The van der Waals surface area contributed by atoms with E-state index in [4.69, 9.17) is 4.52 Å². The lowest BCUT2D eigenvalue weighted by Gasteiger charge is -2.26. The highest BCUT2D eigenvalue weighted by Crippen LogP contribution is 2.44. The molecular formula is C18H26N4O4. The molecule has 142 valence electrons. The third-order valence-corrected chi connectivity index (χ3v) is 6.31. The number of likely N-dealkylation sites (tertiary alicyclic amines) is 2. The number of carbonyl (C=O) groups is 2. The quantitative estimate of drug-likeness (QED) is 0.839. The van der Waals surface area contributed by atoms with Gasteiger partial charge in [-0.3, -0.25) is 14.5 Å². The summed E-state index contributed by atoms with van der Waals surface area (Å²) in [6, 6.07) is 0. The number of hydrogen-bond donors (Lipinski definition) is 1. The first-order chi connectivity index (χ1) is 12.5. The molecule has 8 heteroatoms. The van der Waals surface area contributed by atoms with Crippen LogP contribution in [0.2, 0.25) is 0 Å². The van der Waals surface area contributed by atoms with E-state index >= 15 is 0 Å². The molecule has 26 heavy (non-hydrogen) atoms. The fourth-order valence-electron chi connectivity index (χ4n) is 4.88. The lowest BCUT2D eigenvalue weighted by atomic mass is 9.81. The molecule has 4 rings (SSSR count). The van der Waals surface area contributed by atoms with Gasteiger partial charge in [0.2, 0.25) is 11.8 Å². The topological polar surface area (TPSA) is 99.8 Å². The van der Waals surface area contributed by atoms with Gasteiger partial charge in [-0.2, -0.15) is 4.98 Å². The number of rotatable bonds is 5. The minimum Gasteiger partial charge on any atom is -0.481 e. The third kappa shape index (κ3) is 2.90. The van der Waals surface area contributed by atoms with E-state index in [0.717, 1.165) is 25.7 Å². The van der Waals surface area contributed by atoms with E-state index in [-0.39, 0.29) is 17.7 Å². The molecule has 2 aliphatic heterocycles. The largest absolute Gasteiger partial charge is 0.481 e. The summed E-state index contributed by atoms with van der Waals surface area (Å²) in [6.45, 7) is 4.36. The van der Waals surface area contributed by atoms with Crippen LogP contribution in [0.5, 0.6) is 0 Å². The predicted octanol–water partition coefficient (Wildman–Crippen LogP) is 1.17. The average Bonchev–Trinajstić information content (AvgIpc) is 3.37. The number of aliphatic carboxylic acids is 1. The number of carboxylic acids is 1. The van der Waals surface area contributed by atoms with E-state index in [1.54, 1.807) is 0 Å². The zero-order valence-corrected chi connectivity index (χ0v) is 15.2. The molecule has 1 aliphatic carbocycles. The highest BCUT2D eigenvalue weighted by atomic mass is 16.5. The van der Waals surface area contributed by atoms with Gasteiger partial charge in [0.15, 0.2) is 5.82 Å². The average molecular weight is 362 g/mol. The molecular weight excluding hydrogens is 336 g/mol. The van der Waals surface area contributed by atoms with Gasteiger partial charge < -0.3 is 14.5 Å². The molecule has 2 atom stereocenters. The monoisotopic (exact) mass is 362 g/mol. The van der Waals surface area contributed by atoms with Crippen molar-refractivity contribution in [3.63, 3.8) is 0 Å². The molecule has 1 amide bonds. The Hall–Kier alpha value is -1.96. The number of nitrogens with zero attached hydrogens (tertiary/aromatic N) is 4. The van der Waals surface area contributed by atoms with Crippen LogP contribution < -0.4 is 0 Å². The minimum atomic E-state index is -0.873. The van der Waals surface area contributed by atoms with Crippen LogP contribution in [-0.2, 0) is 22.6 Å². The molecule has 1 aromatic rings. The van der Waals surface area contributed by atoms with Gasteiger partial charge in [0, 0.05) is 44.4 Å². The fraction of sp³-hybridized carbons (Fsp3) is 0.778. The molecule has 0 radical (unpaired) electrons. The molecule has 1 N–H and O–H groups in total. The van der Waals surface area contributed by atoms with E-state index in [2.05, 4.69) is 15.0 Å². The Labute approximate surface area is 152 Å². The van der Waals surface area contributed by atoms with Crippen LogP contribution in [0.4, 0.5) is 0 Å². The van der Waals surface area contributed by atoms with Crippen LogP contribution in [0.25, 0.3) is 0 Å². The summed E-state index contributed by atoms with van der Waals surface area (Å²) in [7, 11) is 0. The van der Waals surface area contributed by atoms with E-state index in [9.17, 15) is 14.7 Å². The summed E-state index contributed by atoms with van der Waals surface area (Å²) in [5.74, 6) is 0.613. The summed E-state index contributed by atoms with van der Waals surface area (Å²) < 4.78 is 5.25. The van der Waals surface area contributed by atoms with Crippen molar-refractivity contribution in [2.24, 2.45) is 17.3 Å². The first kappa shape index (κ1) is 17.5. The van der Waals surface area contributed by atoms with E-state index in [1.165, 1.54) is 0 Å². The molecule has 0 aromatic carbocycles. The maximum absolute atomic E-state index is 12.7. The predicted molar refractivity (Wildman–Crippen MR) is 91.0 cm³/mol. The van der Waals surface area contributed by atoms with Gasteiger partial charge in [0.1, 0.15) is 5.41 Å². The van der Waals surface area contributed by atoms with Gasteiger partial charge in [-0.1, -0.05) is 24.9 Å². The van der Waals surface area contributed by atoms with E-state index < -0.39 is 11.4 Å². The molecule has 0 unspecified atom stereocenters. The Morgan fingerprint density at radius 2 is 2.04 bits per heavy atom. The Bertz CT molecular complexity index is 699. The molecule has 2 saturated heterocycles. The summed E-state index contributed by atoms with van der Waals surface area (Å²) in [4.78, 5) is 33.1. The second-order valence-electron chi connectivity index (χ2n) is 7.99. The van der Waals surface area contributed by atoms with E-state index in [0.29, 0.717) is 50.9 Å². The third-order valence-electron chi connectivity index (χ3n) is 6.31. The molecule has 3 aliphatic rings. The van der Waals surface area contributed by atoms with Crippen LogP contribution in [-0.4, -0.2) is 63.1 Å². The first-order valence-corrected chi connectivity index (χ1v) is 9.58. The van der Waals surface area contributed by atoms with Crippen molar-refractivity contribution < 1.29 is 19.2 Å². The molecule has 0 spiro atoms. The summed E-state index contributed by atoms with van der Waals surface area (Å²) in [5, 5.41) is 13.8. The number of carbonyl (C=O) groups excluding carboxylic acids is 1. The van der Waals surface area contributed by atoms with Crippen LogP contribution in [0, 0.1) is 17.3 Å². The lowest BCUT2D eigenvalue weighted by molar-refractivity contribution is -0.149.